The topological polar surface area (TPSA) is 113 Å². The lowest BCUT2D eigenvalue weighted by atomic mass is 10.1. The molecule has 0 aliphatic rings. The number of carbonyl (C=O) groups is 2. The lowest BCUT2D eigenvalue weighted by molar-refractivity contribution is -0.151. The van der Waals surface area contributed by atoms with Crippen LogP contribution in [0.4, 0.5) is 0 Å². The van der Waals surface area contributed by atoms with Crippen molar-refractivity contribution in [3.05, 3.63) is 64.7 Å². The van der Waals surface area contributed by atoms with Crippen molar-refractivity contribution >= 4 is 33.6 Å². The molecule has 0 heterocycles. The number of carbonyl (C=O) groups excluding carboxylic acids is 2. The van der Waals surface area contributed by atoms with Crippen molar-refractivity contribution in [2.45, 2.75) is 11.0 Å². The first kappa shape index (κ1) is 18.9. The van der Waals surface area contributed by atoms with Gasteiger partial charge in [-0.15, -0.1) is 0 Å². The van der Waals surface area contributed by atoms with Crippen LogP contribution in [0.25, 0.3) is 0 Å². The molecule has 0 bridgehead atoms. The molecule has 132 valence electrons. The highest BCUT2D eigenvalue weighted by Gasteiger charge is 2.27. The third kappa shape index (κ3) is 4.56. The minimum Gasteiger partial charge on any atom is -0.466 e. The molecule has 0 radical (unpaired) electrons. The van der Waals surface area contributed by atoms with Gasteiger partial charge in [0.05, 0.1) is 22.6 Å². The van der Waals surface area contributed by atoms with Gasteiger partial charge in [-0.2, -0.15) is 0 Å². The quantitative estimate of drug-likeness (QED) is 0.790. The summed E-state index contributed by atoms with van der Waals surface area (Å²) in [7, 11) is -2.88. The molecule has 2 rings (SSSR count). The highest BCUT2D eigenvalue weighted by molar-refractivity contribution is 7.89. The maximum atomic E-state index is 12.4. The van der Waals surface area contributed by atoms with E-state index >= 15 is 0 Å². The number of primary sulfonamides is 1. The van der Waals surface area contributed by atoms with Gasteiger partial charge in [0.2, 0.25) is 16.1 Å². The summed E-state index contributed by atoms with van der Waals surface area (Å²) in [6, 6.07) is 11.6. The molecule has 0 aliphatic heterocycles. The van der Waals surface area contributed by atoms with Crippen LogP contribution < -0.4 is 5.14 Å². The molecule has 0 spiro atoms. The molecular formula is C16H14ClNO6S. The van der Waals surface area contributed by atoms with Crippen LogP contribution >= 0.6 is 11.6 Å². The fraction of sp³-hybridized carbons (Fsp3) is 0.125. The Balaban J connectivity index is 2.38. The van der Waals surface area contributed by atoms with Gasteiger partial charge in [-0.05, 0) is 18.2 Å². The lowest BCUT2D eigenvalue weighted by Crippen LogP contribution is -2.21. The summed E-state index contributed by atoms with van der Waals surface area (Å²) in [5.41, 5.74) is 0.152. The maximum Gasteiger partial charge on any atom is 0.351 e. The molecule has 1 atom stereocenters. The highest BCUT2D eigenvalue weighted by atomic mass is 35.5. The molecule has 25 heavy (non-hydrogen) atoms. The van der Waals surface area contributed by atoms with Gasteiger partial charge in [0.1, 0.15) is 0 Å². The van der Waals surface area contributed by atoms with Crippen LogP contribution in [-0.2, 0) is 24.3 Å². The van der Waals surface area contributed by atoms with Crippen molar-refractivity contribution in [1.82, 2.24) is 0 Å². The molecule has 9 heteroatoms. The number of sulfonamides is 1. The van der Waals surface area contributed by atoms with Crippen molar-refractivity contribution in [2.24, 2.45) is 5.14 Å². The van der Waals surface area contributed by atoms with Crippen molar-refractivity contribution < 1.29 is 27.5 Å². The van der Waals surface area contributed by atoms with E-state index < -0.39 is 28.1 Å². The number of hydrogen-bond donors (Lipinski definition) is 1. The molecule has 0 saturated carbocycles. The zero-order chi connectivity index (χ0) is 18.6. The number of halogens is 1. The predicted octanol–water partition coefficient (Wildman–Crippen LogP) is 2.06. The van der Waals surface area contributed by atoms with Crippen LogP contribution in [-0.4, -0.2) is 27.5 Å². The van der Waals surface area contributed by atoms with E-state index in [1.54, 1.807) is 30.3 Å². The second-order valence-corrected chi connectivity index (χ2v) is 6.87. The third-order valence-electron chi connectivity index (χ3n) is 3.23. The van der Waals surface area contributed by atoms with E-state index in [1.165, 1.54) is 6.07 Å². The molecule has 0 aromatic heterocycles. The zero-order valence-corrected chi connectivity index (χ0v) is 14.6. The van der Waals surface area contributed by atoms with E-state index in [4.69, 9.17) is 21.5 Å². The van der Waals surface area contributed by atoms with Crippen LogP contribution in [0.5, 0.6) is 0 Å². The standard InChI is InChI=1S/C16H14ClNO6S/c1-23-16(20)14(10-5-3-2-4-6-10)24-15(19)12-9-11(25(18,21)22)7-8-13(12)17/h2-9,14H,1H3,(H2,18,21,22)/t14-/m0/s1. The normalized spacial score (nSPS) is 12.3. The summed E-state index contributed by atoms with van der Waals surface area (Å²) in [5.74, 6) is -1.78. The fourth-order valence-electron chi connectivity index (χ4n) is 2.00. The first-order valence-electron chi connectivity index (χ1n) is 6.90. The van der Waals surface area contributed by atoms with Crippen molar-refractivity contribution in [3.63, 3.8) is 0 Å². The van der Waals surface area contributed by atoms with Gasteiger partial charge in [0.15, 0.2) is 0 Å². The Morgan fingerprint density at radius 3 is 2.32 bits per heavy atom. The molecular weight excluding hydrogens is 370 g/mol. The molecule has 2 aromatic rings. The Bertz CT molecular complexity index is 898. The number of ether oxygens (including phenoxy) is 2. The Hall–Kier alpha value is -2.42. The summed E-state index contributed by atoms with van der Waals surface area (Å²) >= 11 is 5.93. The van der Waals surface area contributed by atoms with E-state index in [2.05, 4.69) is 4.74 Å². The first-order valence-corrected chi connectivity index (χ1v) is 8.82. The Morgan fingerprint density at radius 2 is 1.76 bits per heavy atom. The summed E-state index contributed by atoms with van der Waals surface area (Å²) in [4.78, 5) is 24.0. The number of hydrogen-bond acceptors (Lipinski definition) is 6. The number of esters is 2. The summed E-state index contributed by atoms with van der Waals surface area (Å²) in [6.07, 6.45) is -1.33. The van der Waals surface area contributed by atoms with Crippen LogP contribution in [0.1, 0.15) is 22.0 Å². The van der Waals surface area contributed by atoms with Gasteiger partial charge in [-0.1, -0.05) is 41.9 Å². The molecule has 0 unspecified atom stereocenters. The summed E-state index contributed by atoms with van der Waals surface area (Å²) in [6.45, 7) is 0. The van der Waals surface area contributed by atoms with E-state index in [1.807, 2.05) is 0 Å². The van der Waals surface area contributed by atoms with Crippen molar-refractivity contribution in [2.75, 3.05) is 7.11 Å². The SMILES string of the molecule is COC(=O)[C@@H](OC(=O)c1cc(S(N)(=O)=O)ccc1Cl)c1ccccc1. The molecule has 7 nitrogen and oxygen atoms in total. The van der Waals surface area contributed by atoms with Crippen LogP contribution in [0.15, 0.2) is 53.4 Å². The minimum atomic E-state index is -4.04. The Morgan fingerprint density at radius 1 is 1.12 bits per heavy atom. The van der Waals surface area contributed by atoms with Crippen LogP contribution in [0.3, 0.4) is 0 Å². The van der Waals surface area contributed by atoms with Crippen molar-refractivity contribution in [3.8, 4) is 0 Å². The third-order valence-corrected chi connectivity index (χ3v) is 4.47. The van der Waals surface area contributed by atoms with Gasteiger partial charge >= 0.3 is 11.9 Å². The number of rotatable bonds is 5. The monoisotopic (exact) mass is 383 g/mol. The van der Waals surface area contributed by atoms with Gasteiger partial charge in [-0.3, -0.25) is 0 Å². The van der Waals surface area contributed by atoms with E-state index in [0.29, 0.717) is 5.56 Å². The Labute approximate surface area is 149 Å². The molecule has 0 amide bonds. The molecule has 2 N–H and O–H groups in total. The number of nitrogens with two attached hydrogens (primary N) is 1. The van der Waals surface area contributed by atoms with E-state index in [0.717, 1.165) is 19.2 Å². The predicted molar refractivity (Wildman–Crippen MR) is 89.4 cm³/mol. The summed E-state index contributed by atoms with van der Waals surface area (Å²) < 4.78 is 32.7. The van der Waals surface area contributed by atoms with E-state index in [9.17, 15) is 18.0 Å². The maximum absolute atomic E-state index is 12.4. The van der Waals surface area contributed by atoms with Crippen LogP contribution in [0.2, 0.25) is 5.02 Å². The van der Waals surface area contributed by atoms with E-state index in [-0.39, 0.29) is 15.5 Å². The lowest BCUT2D eigenvalue weighted by Gasteiger charge is -2.16. The van der Waals surface area contributed by atoms with Crippen LogP contribution in [0, 0.1) is 0 Å². The molecule has 2 aromatic carbocycles. The van der Waals surface area contributed by atoms with Gasteiger partial charge < -0.3 is 9.47 Å². The smallest absolute Gasteiger partial charge is 0.351 e. The minimum absolute atomic E-state index is 0.0472. The fourth-order valence-corrected chi connectivity index (χ4v) is 2.73. The average molecular weight is 384 g/mol. The molecule has 0 saturated heterocycles. The van der Waals surface area contributed by atoms with Gasteiger partial charge in [0, 0.05) is 5.56 Å². The number of methoxy groups -OCH3 is 1. The highest BCUT2D eigenvalue weighted by Crippen LogP contribution is 2.25. The first-order chi connectivity index (χ1) is 11.7. The Kier molecular flexibility index (Phi) is 5.78. The molecule has 0 aliphatic carbocycles. The largest absolute Gasteiger partial charge is 0.466 e. The second-order valence-electron chi connectivity index (χ2n) is 4.91. The average Bonchev–Trinajstić information content (AvgIpc) is 2.59. The summed E-state index contributed by atoms with van der Waals surface area (Å²) in [5, 5.41) is 4.99. The zero-order valence-electron chi connectivity index (χ0n) is 13.0. The van der Waals surface area contributed by atoms with Gasteiger partial charge in [0.25, 0.3) is 0 Å². The van der Waals surface area contributed by atoms with Gasteiger partial charge in [-0.25, -0.2) is 23.1 Å². The van der Waals surface area contributed by atoms with Crippen molar-refractivity contribution in [1.29, 1.82) is 0 Å². The second kappa shape index (κ2) is 7.64. The molecule has 0 fully saturated rings. The number of benzene rings is 2.